The Morgan fingerprint density at radius 1 is 0.258 bits per heavy atom. The van der Waals surface area contributed by atoms with E-state index in [0.29, 0.717) is 0 Å². The highest BCUT2D eigenvalue weighted by molar-refractivity contribution is 6.12. The third-order valence-corrected chi connectivity index (χ3v) is 12.5. The summed E-state index contributed by atoms with van der Waals surface area (Å²) < 4.78 is 6.25. The van der Waals surface area contributed by atoms with Crippen molar-refractivity contribution in [1.29, 1.82) is 0 Å². The Morgan fingerprint density at radius 3 is 1.52 bits per heavy atom. The van der Waals surface area contributed by atoms with Gasteiger partial charge in [-0.2, -0.15) is 0 Å². The SMILES string of the molecule is c1cc(-c2ccc(-c3ccc4c(ccc5ccccc54)c3)cc2)cc(N(c2ccc(-c3cccc4ccccc34)cc2)c2ccc(-c3cccc4oc5ccccc5c34)cc2)c1. The molecule has 2 heteroatoms. The molecule has 0 saturated carbocycles. The number of benzene rings is 11. The molecule has 0 radical (unpaired) electrons. The topological polar surface area (TPSA) is 16.4 Å². The Hall–Kier alpha value is -8.20. The van der Waals surface area contributed by atoms with Gasteiger partial charge >= 0.3 is 0 Å². The highest BCUT2D eigenvalue weighted by atomic mass is 16.3. The summed E-state index contributed by atoms with van der Waals surface area (Å²) in [5.74, 6) is 0. The van der Waals surface area contributed by atoms with E-state index in [4.69, 9.17) is 4.42 Å². The van der Waals surface area contributed by atoms with Gasteiger partial charge in [-0.15, -0.1) is 0 Å². The lowest BCUT2D eigenvalue weighted by atomic mass is 9.96. The molecular formula is C60H39NO. The fourth-order valence-electron chi connectivity index (χ4n) is 9.39. The van der Waals surface area contributed by atoms with Gasteiger partial charge in [-0.25, -0.2) is 0 Å². The molecule has 0 N–H and O–H groups in total. The molecule has 0 aliphatic rings. The first-order valence-electron chi connectivity index (χ1n) is 21.2. The van der Waals surface area contributed by atoms with E-state index < -0.39 is 0 Å². The van der Waals surface area contributed by atoms with Crippen LogP contribution in [-0.2, 0) is 0 Å². The first-order valence-corrected chi connectivity index (χ1v) is 21.2. The fraction of sp³-hybridized carbons (Fsp3) is 0. The summed E-state index contributed by atoms with van der Waals surface area (Å²) in [4.78, 5) is 2.36. The van der Waals surface area contributed by atoms with E-state index in [0.717, 1.165) is 55.7 Å². The first kappa shape index (κ1) is 35.7. The number of fused-ring (bicyclic) bond motifs is 7. The van der Waals surface area contributed by atoms with Crippen molar-refractivity contribution in [3.8, 4) is 44.5 Å². The minimum atomic E-state index is 0.900. The third kappa shape index (κ3) is 6.20. The summed E-state index contributed by atoms with van der Waals surface area (Å²) in [7, 11) is 0. The van der Waals surface area contributed by atoms with Gasteiger partial charge in [0.05, 0.1) is 0 Å². The number of hydrogen-bond donors (Lipinski definition) is 0. The molecule has 0 aliphatic heterocycles. The fourth-order valence-corrected chi connectivity index (χ4v) is 9.39. The second kappa shape index (κ2) is 14.8. The van der Waals surface area contributed by atoms with Crippen LogP contribution in [0.1, 0.15) is 0 Å². The van der Waals surface area contributed by atoms with Gasteiger partial charge in [0.15, 0.2) is 0 Å². The maximum Gasteiger partial charge on any atom is 0.136 e. The minimum absolute atomic E-state index is 0.900. The normalized spacial score (nSPS) is 11.5. The Bertz CT molecular complexity index is 3610. The predicted octanol–water partition coefficient (Wildman–Crippen LogP) is 17.2. The molecule has 0 aliphatic carbocycles. The molecule has 62 heavy (non-hydrogen) atoms. The van der Waals surface area contributed by atoms with Gasteiger partial charge in [0.2, 0.25) is 0 Å². The second-order valence-electron chi connectivity index (χ2n) is 16.1. The van der Waals surface area contributed by atoms with Crippen molar-refractivity contribution >= 4 is 71.3 Å². The Kier molecular flexibility index (Phi) is 8.53. The van der Waals surface area contributed by atoms with E-state index in [-0.39, 0.29) is 0 Å². The van der Waals surface area contributed by atoms with Crippen molar-refractivity contribution < 1.29 is 4.42 Å². The Balaban J connectivity index is 0.918. The number of hydrogen-bond acceptors (Lipinski definition) is 2. The number of anilines is 3. The molecule has 11 aromatic carbocycles. The van der Waals surface area contributed by atoms with Crippen LogP contribution in [0.25, 0.3) is 98.8 Å². The van der Waals surface area contributed by atoms with Crippen molar-refractivity contribution in [3.63, 3.8) is 0 Å². The van der Waals surface area contributed by atoms with Crippen LogP contribution >= 0.6 is 0 Å². The molecule has 0 saturated heterocycles. The lowest BCUT2D eigenvalue weighted by molar-refractivity contribution is 0.669. The van der Waals surface area contributed by atoms with Gasteiger partial charge in [-0.1, -0.05) is 182 Å². The zero-order valence-corrected chi connectivity index (χ0v) is 33.9. The van der Waals surface area contributed by atoms with Crippen LogP contribution in [-0.4, -0.2) is 0 Å². The van der Waals surface area contributed by atoms with Crippen molar-refractivity contribution in [2.24, 2.45) is 0 Å². The summed E-state index contributed by atoms with van der Waals surface area (Å²) in [6.45, 7) is 0. The minimum Gasteiger partial charge on any atom is -0.456 e. The molecular weight excluding hydrogens is 751 g/mol. The second-order valence-corrected chi connectivity index (χ2v) is 16.1. The monoisotopic (exact) mass is 789 g/mol. The van der Waals surface area contributed by atoms with E-state index >= 15 is 0 Å². The molecule has 0 atom stereocenters. The lowest BCUT2D eigenvalue weighted by Gasteiger charge is -2.26. The maximum absolute atomic E-state index is 6.25. The summed E-state index contributed by atoms with van der Waals surface area (Å²) in [6, 6.07) is 85.5. The molecule has 1 aromatic heterocycles. The number of para-hydroxylation sites is 1. The molecule has 1 heterocycles. The van der Waals surface area contributed by atoms with Gasteiger partial charge in [0.25, 0.3) is 0 Å². The zero-order chi connectivity index (χ0) is 41.0. The number of furan rings is 1. The van der Waals surface area contributed by atoms with Crippen LogP contribution in [0.2, 0.25) is 0 Å². The Labute approximate surface area is 360 Å². The molecule has 0 spiro atoms. The summed E-state index contributed by atoms with van der Waals surface area (Å²) >= 11 is 0. The van der Waals surface area contributed by atoms with Crippen molar-refractivity contribution in [2.75, 3.05) is 4.90 Å². The third-order valence-electron chi connectivity index (χ3n) is 12.5. The van der Waals surface area contributed by atoms with Gasteiger partial charge in [-0.05, 0) is 131 Å². The van der Waals surface area contributed by atoms with Gasteiger partial charge < -0.3 is 9.32 Å². The highest BCUT2D eigenvalue weighted by Gasteiger charge is 2.17. The average molecular weight is 790 g/mol. The Morgan fingerprint density at radius 2 is 0.758 bits per heavy atom. The van der Waals surface area contributed by atoms with E-state index in [9.17, 15) is 0 Å². The number of rotatable bonds is 7. The van der Waals surface area contributed by atoms with E-state index in [1.165, 1.54) is 60.1 Å². The predicted molar refractivity (Wildman–Crippen MR) is 263 cm³/mol. The summed E-state index contributed by atoms with van der Waals surface area (Å²) in [5.41, 5.74) is 14.5. The first-order chi connectivity index (χ1) is 30.7. The summed E-state index contributed by atoms with van der Waals surface area (Å²) in [5, 5.41) is 9.86. The smallest absolute Gasteiger partial charge is 0.136 e. The van der Waals surface area contributed by atoms with Gasteiger partial charge in [0, 0.05) is 27.8 Å². The van der Waals surface area contributed by atoms with Crippen LogP contribution in [0.3, 0.4) is 0 Å². The molecule has 12 aromatic rings. The van der Waals surface area contributed by atoms with Gasteiger partial charge in [-0.3, -0.25) is 0 Å². The molecule has 0 amide bonds. The van der Waals surface area contributed by atoms with Crippen molar-refractivity contribution in [1.82, 2.24) is 0 Å². The molecule has 2 nitrogen and oxygen atoms in total. The molecule has 0 unspecified atom stereocenters. The lowest BCUT2D eigenvalue weighted by Crippen LogP contribution is -2.10. The average Bonchev–Trinajstić information content (AvgIpc) is 3.74. The summed E-state index contributed by atoms with van der Waals surface area (Å²) in [6.07, 6.45) is 0. The quantitative estimate of drug-likeness (QED) is 0.150. The van der Waals surface area contributed by atoms with Crippen LogP contribution in [0, 0.1) is 0 Å². The molecule has 0 bridgehead atoms. The van der Waals surface area contributed by atoms with E-state index in [1.807, 2.05) is 12.1 Å². The molecule has 12 rings (SSSR count). The molecule has 290 valence electrons. The zero-order valence-electron chi connectivity index (χ0n) is 33.9. The van der Waals surface area contributed by atoms with E-state index in [2.05, 4.69) is 229 Å². The van der Waals surface area contributed by atoms with Crippen molar-refractivity contribution in [3.05, 3.63) is 237 Å². The standard InChI is InChI=1S/C60H39NO/c1-3-15-52-42(10-1)12-8-18-54(52)44-28-33-49(34-29-44)61(50-35-30-45(31-36-50)56-19-9-21-59-60(56)57-17-5-6-20-58(57)62-59)51-14-7-13-46(39-51)40-22-24-41(25-23-40)47-32-37-55-48(38-47)27-26-43-11-2-4-16-53(43)55/h1-39H. The van der Waals surface area contributed by atoms with Gasteiger partial charge in [0.1, 0.15) is 11.2 Å². The maximum atomic E-state index is 6.25. The van der Waals surface area contributed by atoms with E-state index in [1.54, 1.807) is 0 Å². The van der Waals surface area contributed by atoms with Crippen LogP contribution in [0.15, 0.2) is 241 Å². The van der Waals surface area contributed by atoms with Crippen LogP contribution in [0.4, 0.5) is 17.1 Å². The van der Waals surface area contributed by atoms with Crippen LogP contribution < -0.4 is 4.90 Å². The highest BCUT2D eigenvalue weighted by Crippen LogP contribution is 2.41. The van der Waals surface area contributed by atoms with Crippen molar-refractivity contribution in [2.45, 2.75) is 0 Å². The van der Waals surface area contributed by atoms with Crippen LogP contribution in [0.5, 0.6) is 0 Å². The largest absolute Gasteiger partial charge is 0.456 e. The molecule has 0 fully saturated rings. The number of nitrogens with zero attached hydrogens (tertiary/aromatic N) is 1.